The van der Waals surface area contributed by atoms with Crippen LogP contribution in [-0.4, -0.2) is 103 Å². The number of thiazole rings is 1. The predicted octanol–water partition coefficient (Wildman–Crippen LogP) is 0.924. The van der Waals surface area contributed by atoms with E-state index in [0.717, 1.165) is 18.3 Å². The van der Waals surface area contributed by atoms with Crippen molar-refractivity contribution >= 4 is 69.4 Å². The highest BCUT2D eigenvalue weighted by molar-refractivity contribution is 14.1. The molecule has 0 bridgehead atoms. The van der Waals surface area contributed by atoms with Gasteiger partial charge in [0.05, 0.1) is 30.5 Å². The molecule has 2 aromatic rings. The second-order valence-corrected chi connectivity index (χ2v) is 12.0. The standard InChI is InChI=1S/C29H37IN4O10S/c1-17-31-12-23(45-17)28(40)34-22(14-42-5)27(39)33-21(13-41-4)26(38)32-20(11-19-9-7-6-8-10-19)25(37)29(3,16-30)44-24(36)15-43-18(2)35/h6-10,12,20-22H,11,13-16H2,1-5H3,(H,32,38)(H,33,39)(H,34,40)/t20-,21-,22-,29?/m0/s1. The lowest BCUT2D eigenvalue weighted by Gasteiger charge is -2.31. The number of nitrogens with zero attached hydrogens (tertiary/aromatic N) is 1. The predicted molar refractivity (Wildman–Crippen MR) is 171 cm³/mol. The minimum Gasteiger partial charge on any atom is -0.454 e. The van der Waals surface area contributed by atoms with E-state index in [1.165, 1.54) is 27.3 Å². The lowest BCUT2D eigenvalue weighted by Crippen LogP contribution is -2.60. The average Bonchev–Trinajstić information content (AvgIpc) is 3.45. The summed E-state index contributed by atoms with van der Waals surface area (Å²) in [6.45, 7) is 3.11. The Labute approximate surface area is 278 Å². The van der Waals surface area contributed by atoms with Crippen LogP contribution in [0, 0.1) is 6.92 Å². The summed E-state index contributed by atoms with van der Waals surface area (Å²) in [5.74, 6) is -4.29. The molecule has 1 aromatic carbocycles. The number of carbonyl (C=O) groups excluding carboxylic acids is 6. The summed E-state index contributed by atoms with van der Waals surface area (Å²) in [6.07, 6.45) is 1.42. The SMILES string of the molecule is COC[C@H](NC(=O)c1cnc(C)s1)C(=O)N[C@@H](COC)C(=O)N[C@@H](Cc1ccccc1)C(=O)C(C)(CI)OC(=O)COC(C)=O. The van der Waals surface area contributed by atoms with Crippen molar-refractivity contribution in [2.24, 2.45) is 0 Å². The number of benzene rings is 1. The van der Waals surface area contributed by atoms with E-state index in [4.69, 9.17) is 14.2 Å². The molecule has 0 saturated carbocycles. The van der Waals surface area contributed by atoms with Gasteiger partial charge in [-0.3, -0.25) is 24.0 Å². The molecule has 1 aromatic heterocycles. The van der Waals surface area contributed by atoms with Crippen LogP contribution in [0.3, 0.4) is 0 Å². The van der Waals surface area contributed by atoms with Crippen molar-refractivity contribution in [3.8, 4) is 0 Å². The summed E-state index contributed by atoms with van der Waals surface area (Å²) >= 11 is 3.03. The first-order valence-corrected chi connectivity index (χ1v) is 16.0. The minimum absolute atomic E-state index is 0.0203. The van der Waals surface area contributed by atoms with E-state index in [9.17, 15) is 28.8 Å². The maximum Gasteiger partial charge on any atom is 0.345 e. The molecule has 0 aliphatic carbocycles. The van der Waals surface area contributed by atoms with Crippen molar-refractivity contribution in [1.29, 1.82) is 0 Å². The van der Waals surface area contributed by atoms with Gasteiger partial charge in [0.25, 0.3) is 5.91 Å². The number of nitrogens with one attached hydrogen (secondary N) is 3. The van der Waals surface area contributed by atoms with Crippen LogP contribution in [0.15, 0.2) is 36.5 Å². The maximum absolute atomic E-state index is 13.9. The van der Waals surface area contributed by atoms with E-state index in [0.29, 0.717) is 15.4 Å². The van der Waals surface area contributed by atoms with Gasteiger partial charge < -0.3 is 34.9 Å². The van der Waals surface area contributed by atoms with E-state index in [1.807, 2.05) is 22.6 Å². The first kappa shape index (κ1) is 37.7. The molecule has 1 unspecified atom stereocenters. The molecule has 0 aliphatic rings. The molecule has 0 radical (unpaired) electrons. The molecule has 0 saturated heterocycles. The molecule has 0 spiro atoms. The Kier molecular flexibility index (Phi) is 15.5. The largest absolute Gasteiger partial charge is 0.454 e. The third kappa shape index (κ3) is 12.1. The van der Waals surface area contributed by atoms with E-state index < -0.39 is 65.8 Å². The number of methoxy groups -OCH3 is 2. The van der Waals surface area contributed by atoms with Gasteiger partial charge in [-0.2, -0.15) is 0 Å². The van der Waals surface area contributed by atoms with Gasteiger partial charge in [0.1, 0.15) is 17.0 Å². The van der Waals surface area contributed by atoms with Crippen molar-refractivity contribution in [2.45, 2.75) is 50.9 Å². The number of halogens is 1. The van der Waals surface area contributed by atoms with Gasteiger partial charge in [-0.25, -0.2) is 9.78 Å². The topological polar surface area (TPSA) is 188 Å². The van der Waals surface area contributed by atoms with E-state index in [1.54, 1.807) is 37.3 Å². The normalized spacial score (nSPS) is 14.2. The lowest BCUT2D eigenvalue weighted by molar-refractivity contribution is -0.171. The fourth-order valence-corrected chi connectivity index (χ4v) is 5.16. The van der Waals surface area contributed by atoms with Crippen molar-refractivity contribution in [3.63, 3.8) is 0 Å². The smallest absolute Gasteiger partial charge is 0.345 e. The fourth-order valence-electron chi connectivity index (χ4n) is 3.95. The summed E-state index contributed by atoms with van der Waals surface area (Å²) in [5.41, 5.74) is -1.00. The number of aromatic nitrogens is 1. The molecule has 3 N–H and O–H groups in total. The second kappa shape index (κ2) is 18.5. The number of amides is 3. The van der Waals surface area contributed by atoms with E-state index >= 15 is 0 Å². The Morgan fingerprint density at radius 1 is 0.933 bits per heavy atom. The number of ketones is 1. The summed E-state index contributed by atoms with van der Waals surface area (Å²) in [4.78, 5) is 81.2. The molecule has 4 atom stereocenters. The number of ether oxygens (including phenoxy) is 4. The quantitative estimate of drug-likeness (QED) is 0.111. The highest BCUT2D eigenvalue weighted by Crippen LogP contribution is 2.21. The Balaban J connectivity index is 2.27. The molecule has 246 valence electrons. The summed E-state index contributed by atoms with van der Waals surface area (Å²) in [6, 6.07) is 5.18. The molecule has 45 heavy (non-hydrogen) atoms. The van der Waals surface area contributed by atoms with Crippen molar-refractivity contribution in [2.75, 3.05) is 38.5 Å². The van der Waals surface area contributed by atoms with Gasteiger partial charge in [-0.15, -0.1) is 11.3 Å². The highest BCUT2D eigenvalue weighted by atomic mass is 127. The molecule has 2 rings (SSSR count). The average molecular weight is 761 g/mol. The number of aryl methyl sites for hydroxylation is 1. The molecular weight excluding hydrogens is 723 g/mol. The fraction of sp³-hybridized carbons (Fsp3) is 0.483. The number of carbonyl (C=O) groups is 6. The lowest BCUT2D eigenvalue weighted by atomic mass is 9.92. The van der Waals surface area contributed by atoms with Crippen LogP contribution in [-0.2, 0) is 49.3 Å². The van der Waals surface area contributed by atoms with Crippen molar-refractivity contribution < 1.29 is 47.7 Å². The molecule has 0 aliphatic heterocycles. The maximum atomic E-state index is 13.9. The number of Topliss-reactive ketones (excluding diaryl/α,β-unsaturated/α-hetero) is 1. The van der Waals surface area contributed by atoms with E-state index in [-0.39, 0.29) is 24.1 Å². The number of hydrogen-bond donors (Lipinski definition) is 3. The van der Waals surface area contributed by atoms with Crippen LogP contribution in [0.2, 0.25) is 0 Å². The molecular formula is C29H37IN4O10S. The zero-order valence-corrected chi connectivity index (χ0v) is 28.5. The molecule has 1 heterocycles. The zero-order valence-electron chi connectivity index (χ0n) is 25.5. The van der Waals surface area contributed by atoms with Crippen LogP contribution in [0.25, 0.3) is 0 Å². The number of alkyl halides is 1. The monoisotopic (exact) mass is 760 g/mol. The summed E-state index contributed by atoms with van der Waals surface area (Å²) in [5, 5.41) is 8.47. The number of esters is 2. The van der Waals surface area contributed by atoms with Crippen LogP contribution >= 0.6 is 33.9 Å². The Morgan fingerprint density at radius 2 is 1.51 bits per heavy atom. The van der Waals surface area contributed by atoms with Crippen molar-refractivity contribution in [3.05, 3.63) is 52.0 Å². The molecule has 0 fully saturated rings. The molecule has 16 heteroatoms. The summed E-state index contributed by atoms with van der Waals surface area (Å²) < 4.78 is 20.4. The Bertz CT molecular complexity index is 1340. The second-order valence-electron chi connectivity index (χ2n) is 9.98. The first-order valence-electron chi connectivity index (χ1n) is 13.6. The molecule has 14 nitrogen and oxygen atoms in total. The van der Waals surface area contributed by atoms with E-state index in [2.05, 4.69) is 25.7 Å². The van der Waals surface area contributed by atoms with Gasteiger partial charge in [0, 0.05) is 25.6 Å². The Hall–Kier alpha value is -3.48. The van der Waals surface area contributed by atoms with Gasteiger partial charge in [-0.1, -0.05) is 52.9 Å². The summed E-state index contributed by atoms with van der Waals surface area (Å²) in [7, 11) is 2.68. The zero-order chi connectivity index (χ0) is 33.6. The first-order chi connectivity index (χ1) is 21.3. The minimum atomic E-state index is -1.70. The van der Waals surface area contributed by atoms with Crippen molar-refractivity contribution in [1.82, 2.24) is 20.9 Å². The van der Waals surface area contributed by atoms with Gasteiger partial charge >= 0.3 is 11.9 Å². The van der Waals surface area contributed by atoms with Crippen LogP contribution in [0.5, 0.6) is 0 Å². The van der Waals surface area contributed by atoms with Crippen LogP contribution in [0.4, 0.5) is 0 Å². The van der Waals surface area contributed by atoms with Gasteiger partial charge in [-0.05, 0) is 25.8 Å². The molecule has 3 amide bonds. The van der Waals surface area contributed by atoms with Gasteiger partial charge in [0.15, 0.2) is 18.0 Å². The third-order valence-electron chi connectivity index (χ3n) is 6.19. The number of hydrogen-bond acceptors (Lipinski definition) is 12. The third-order valence-corrected chi connectivity index (χ3v) is 8.56. The highest BCUT2D eigenvalue weighted by Gasteiger charge is 2.42. The van der Waals surface area contributed by atoms with Crippen LogP contribution in [0.1, 0.15) is 34.1 Å². The Morgan fingerprint density at radius 3 is 2.02 bits per heavy atom. The van der Waals surface area contributed by atoms with Crippen LogP contribution < -0.4 is 16.0 Å². The van der Waals surface area contributed by atoms with Gasteiger partial charge in [0.2, 0.25) is 11.8 Å². The number of rotatable bonds is 18.